The zero-order chi connectivity index (χ0) is 18.5. The van der Waals surface area contributed by atoms with Crippen LogP contribution in [0, 0.1) is 5.82 Å². The highest BCUT2D eigenvalue weighted by atomic mass is 32.2. The van der Waals surface area contributed by atoms with Crippen LogP contribution in [-0.4, -0.2) is 64.4 Å². The summed E-state index contributed by atoms with van der Waals surface area (Å²) in [6.45, 7) is 5.47. The Bertz CT molecular complexity index is 736. The summed E-state index contributed by atoms with van der Waals surface area (Å²) in [4.78, 5) is 16.7. The van der Waals surface area contributed by atoms with Gasteiger partial charge >= 0.3 is 0 Å². The Morgan fingerprint density at radius 1 is 1.38 bits per heavy atom. The number of carbonyl (C=O) groups excluding carboxylic acids is 1. The van der Waals surface area contributed by atoms with E-state index in [2.05, 4.69) is 15.1 Å². The summed E-state index contributed by atoms with van der Waals surface area (Å²) >= 11 is 2.89. The molecule has 1 saturated heterocycles. The molecule has 6 nitrogen and oxygen atoms in total. The molecule has 140 valence electrons. The normalized spacial score (nSPS) is 16.5. The average Bonchev–Trinajstić information content (AvgIpc) is 3.15. The summed E-state index contributed by atoms with van der Waals surface area (Å²) < 4.78 is 19.6. The number of ether oxygens (including phenoxy) is 1. The molecule has 0 bridgehead atoms. The lowest BCUT2D eigenvalue weighted by molar-refractivity contribution is -0.132. The molecule has 0 radical (unpaired) electrons. The van der Waals surface area contributed by atoms with Gasteiger partial charge in [0.05, 0.1) is 12.4 Å². The Morgan fingerprint density at radius 2 is 2.15 bits per heavy atom. The van der Waals surface area contributed by atoms with Gasteiger partial charge in [-0.05, 0) is 24.6 Å². The van der Waals surface area contributed by atoms with Crippen LogP contribution in [-0.2, 0) is 11.3 Å². The summed E-state index contributed by atoms with van der Waals surface area (Å²) in [6.07, 6.45) is 0. The van der Waals surface area contributed by atoms with E-state index in [0.717, 1.165) is 23.0 Å². The van der Waals surface area contributed by atoms with Gasteiger partial charge in [-0.2, -0.15) is 0 Å². The van der Waals surface area contributed by atoms with E-state index < -0.39 is 0 Å². The van der Waals surface area contributed by atoms with Crippen LogP contribution in [0.2, 0.25) is 0 Å². The molecule has 9 heteroatoms. The number of thioether (sulfide) groups is 1. The van der Waals surface area contributed by atoms with Crippen LogP contribution in [0.5, 0.6) is 5.75 Å². The van der Waals surface area contributed by atoms with Gasteiger partial charge in [0.15, 0.2) is 15.9 Å². The molecule has 26 heavy (non-hydrogen) atoms. The maximum atomic E-state index is 13.8. The fourth-order valence-electron chi connectivity index (χ4n) is 2.87. The van der Waals surface area contributed by atoms with Crippen molar-refractivity contribution >= 4 is 29.0 Å². The summed E-state index contributed by atoms with van der Waals surface area (Å²) in [5.41, 5.74) is 2.57. The van der Waals surface area contributed by atoms with Crippen LogP contribution in [0.1, 0.15) is 12.5 Å². The van der Waals surface area contributed by atoms with Crippen molar-refractivity contribution in [2.24, 2.45) is 0 Å². The standard InChI is InChI=1S/C17H21FN4O2S2/c1-12(26-17-20-19-11-25-17)16(23)22-7-5-21(6-8-22)10-13-3-4-15(24-2)14(18)9-13/h3-4,9,11-12H,5-8,10H2,1-2H3. The second-order valence-corrected chi connectivity index (χ2v) is 8.46. The SMILES string of the molecule is COc1ccc(CN2CCN(C(=O)C(C)Sc3nncs3)CC2)cc1F. The second-order valence-electron chi connectivity index (χ2n) is 6.04. The molecule has 1 aliphatic heterocycles. The molecule has 1 aromatic heterocycles. The van der Waals surface area contributed by atoms with Crippen molar-refractivity contribution in [3.63, 3.8) is 0 Å². The largest absolute Gasteiger partial charge is 0.494 e. The quantitative estimate of drug-likeness (QED) is 0.700. The first kappa shape index (κ1) is 19.1. The zero-order valence-corrected chi connectivity index (χ0v) is 16.4. The Balaban J connectivity index is 1.49. The number of piperazine rings is 1. The van der Waals surface area contributed by atoms with E-state index in [-0.39, 0.29) is 22.7 Å². The molecule has 2 aromatic rings. The predicted molar refractivity (Wildman–Crippen MR) is 100 cm³/mol. The maximum Gasteiger partial charge on any atom is 0.235 e. The Labute approximate surface area is 160 Å². The number of benzene rings is 1. The molecule has 0 N–H and O–H groups in total. The van der Waals surface area contributed by atoms with E-state index in [1.165, 1.54) is 36.3 Å². The number of hydrogen-bond acceptors (Lipinski definition) is 7. The Hall–Kier alpha value is -1.71. The lowest BCUT2D eigenvalue weighted by atomic mass is 10.1. The van der Waals surface area contributed by atoms with Crippen LogP contribution in [0.4, 0.5) is 4.39 Å². The summed E-state index contributed by atoms with van der Waals surface area (Å²) in [6, 6.07) is 5.04. The number of carbonyl (C=O) groups is 1. The highest BCUT2D eigenvalue weighted by molar-refractivity contribution is 8.02. The minimum absolute atomic E-state index is 0.125. The van der Waals surface area contributed by atoms with Crippen molar-refractivity contribution in [2.75, 3.05) is 33.3 Å². The van der Waals surface area contributed by atoms with Crippen LogP contribution >= 0.6 is 23.1 Å². The van der Waals surface area contributed by atoms with Crippen molar-refractivity contribution in [3.05, 3.63) is 35.1 Å². The van der Waals surface area contributed by atoms with E-state index in [1.807, 2.05) is 17.9 Å². The predicted octanol–water partition coefficient (Wildman–Crippen LogP) is 2.51. The smallest absolute Gasteiger partial charge is 0.235 e. The van der Waals surface area contributed by atoms with E-state index in [9.17, 15) is 9.18 Å². The number of amides is 1. The van der Waals surface area contributed by atoms with Crippen LogP contribution in [0.15, 0.2) is 28.0 Å². The fourth-order valence-corrected chi connectivity index (χ4v) is 4.58. The summed E-state index contributed by atoms with van der Waals surface area (Å²) in [5, 5.41) is 7.59. The van der Waals surface area contributed by atoms with E-state index >= 15 is 0 Å². The monoisotopic (exact) mass is 396 g/mol. The van der Waals surface area contributed by atoms with E-state index in [4.69, 9.17) is 4.74 Å². The van der Waals surface area contributed by atoms with Gasteiger partial charge in [-0.15, -0.1) is 10.2 Å². The van der Waals surface area contributed by atoms with Crippen molar-refractivity contribution in [2.45, 2.75) is 23.1 Å². The summed E-state index contributed by atoms with van der Waals surface area (Å²) in [7, 11) is 1.46. The van der Waals surface area contributed by atoms with Gasteiger partial charge in [0, 0.05) is 32.7 Å². The van der Waals surface area contributed by atoms with E-state index in [1.54, 1.807) is 11.6 Å². The zero-order valence-electron chi connectivity index (χ0n) is 14.7. The number of rotatable bonds is 6. The molecular formula is C17H21FN4O2S2. The van der Waals surface area contributed by atoms with Gasteiger partial charge in [0.2, 0.25) is 5.91 Å². The molecule has 2 heterocycles. The summed E-state index contributed by atoms with van der Waals surface area (Å²) in [5.74, 6) is 0.0350. The third-order valence-electron chi connectivity index (χ3n) is 4.27. The highest BCUT2D eigenvalue weighted by Gasteiger charge is 2.26. The third-order valence-corrected chi connectivity index (χ3v) is 6.17. The molecule has 0 aliphatic carbocycles. The molecule has 1 aliphatic rings. The third kappa shape index (κ3) is 4.72. The van der Waals surface area contributed by atoms with Gasteiger partial charge < -0.3 is 9.64 Å². The first-order chi connectivity index (χ1) is 12.6. The average molecular weight is 397 g/mol. The van der Waals surface area contributed by atoms with Gasteiger partial charge in [-0.1, -0.05) is 29.2 Å². The first-order valence-electron chi connectivity index (χ1n) is 8.33. The van der Waals surface area contributed by atoms with Crippen LogP contribution in [0.3, 0.4) is 0 Å². The van der Waals surface area contributed by atoms with Crippen molar-refractivity contribution in [1.29, 1.82) is 0 Å². The molecule has 0 saturated carbocycles. The van der Waals surface area contributed by atoms with Crippen molar-refractivity contribution in [3.8, 4) is 5.75 Å². The van der Waals surface area contributed by atoms with Crippen molar-refractivity contribution < 1.29 is 13.9 Å². The highest BCUT2D eigenvalue weighted by Crippen LogP contribution is 2.26. The molecule has 1 fully saturated rings. The number of methoxy groups -OCH3 is 1. The number of aromatic nitrogens is 2. The molecular weight excluding hydrogens is 375 g/mol. The number of nitrogens with zero attached hydrogens (tertiary/aromatic N) is 4. The van der Waals surface area contributed by atoms with Gasteiger partial charge in [-0.3, -0.25) is 9.69 Å². The van der Waals surface area contributed by atoms with Crippen LogP contribution < -0.4 is 4.74 Å². The topological polar surface area (TPSA) is 58.6 Å². The molecule has 3 rings (SSSR count). The van der Waals surface area contributed by atoms with Crippen LogP contribution in [0.25, 0.3) is 0 Å². The Morgan fingerprint density at radius 3 is 2.77 bits per heavy atom. The molecule has 1 aromatic carbocycles. The lowest BCUT2D eigenvalue weighted by Crippen LogP contribution is -2.50. The number of hydrogen-bond donors (Lipinski definition) is 0. The Kier molecular flexibility index (Phi) is 6.44. The van der Waals surface area contributed by atoms with Gasteiger partial charge in [-0.25, -0.2) is 4.39 Å². The maximum absolute atomic E-state index is 13.8. The van der Waals surface area contributed by atoms with Gasteiger partial charge in [0.1, 0.15) is 5.51 Å². The first-order valence-corrected chi connectivity index (χ1v) is 10.1. The lowest BCUT2D eigenvalue weighted by Gasteiger charge is -2.35. The molecule has 1 atom stereocenters. The van der Waals surface area contributed by atoms with E-state index in [0.29, 0.717) is 19.6 Å². The minimum atomic E-state index is -0.346. The minimum Gasteiger partial charge on any atom is -0.494 e. The molecule has 1 amide bonds. The fraction of sp³-hybridized carbons (Fsp3) is 0.471. The van der Waals surface area contributed by atoms with Crippen molar-refractivity contribution in [1.82, 2.24) is 20.0 Å². The number of halogens is 1. The second kappa shape index (κ2) is 8.79. The van der Waals surface area contributed by atoms with Gasteiger partial charge in [0.25, 0.3) is 0 Å². The molecule has 0 spiro atoms. The molecule has 1 unspecified atom stereocenters.